The van der Waals surface area contributed by atoms with Gasteiger partial charge in [-0.1, -0.05) is 24.3 Å². The highest BCUT2D eigenvalue weighted by Gasteiger charge is 2.65. The maximum atomic E-state index is 13.1. The Balaban J connectivity index is 0.000000253. The van der Waals surface area contributed by atoms with E-state index < -0.39 is 27.4 Å². The summed E-state index contributed by atoms with van der Waals surface area (Å²) in [6, 6.07) is 13.0. The van der Waals surface area contributed by atoms with Crippen LogP contribution in [-0.2, 0) is 9.84 Å². The van der Waals surface area contributed by atoms with Gasteiger partial charge in [0.1, 0.15) is 0 Å². The number of anilines is 1. The van der Waals surface area contributed by atoms with Crippen molar-refractivity contribution in [1.29, 1.82) is 0 Å². The van der Waals surface area contributed by atoms with Crippen LogP contribution in [0.2, 0.25) is 0 Å². The minimum Gasteiger partial charge on any atom is -0.494 e. The quantitative estimate of drug-likeness (QED) is 0.689. The Hall–Kier alpha value is -2.62. The molecule has 0 saturated heterocycles. The summed E-state index contributed by atoms with van der Waals surface area (Å²) in [6.45, 7) is 1.07. The molecule has 1 atom stereocenters. The van der Waals surface area contributed by atoms with Crippen molar-refractivity contribution in [3.63, 3.8) is 0 Å². The molecule has 10 heteroatoms. The Kier molecular flexibility index (Phi) is 6.56. The number of rotatable bonds is 3. The second kappa shape index (κ2) is 8.40. The number of sulfone groups is 1. The fourth-order valence-corrected chi connectivity index (χ4v) is 3.64. The van der Waals surface area contributed by atoms with Gasteiger partial charge in [-0.3, -0.25) is 0 Å². The molecule has 0 amide bonds. The second-order valence-electron chi connectivity index (χ2n) is 6.40. The van der Waals surface area contributed by atoms with Crippen LogP contribution in [0, 0.1) is 12.7 Å². The molecule has 5 nitrogen and oxygen atoms in total. The predicted octanol–water partition coefficient (Wildman–Crippen LogP) is 3.98. The molecule has 0 aliphatic carbocycles. The number of hydrogen-bond donors (Lipinski definition) is 0. The number of nitrogens with zero attached hydrogens (tertiary/aromatic N) is 2. The SMILES string of the molecule is COc1ccc(C)cc1F.CS(=O)(=O)C1(C(F)(F)F)CN(c2ccccc2)C=N1. The summed E-state index contributed by atoms with van der Waals surface area (Å²) in [4.78, 5) is 1.34. The Bertz CT molecular complexity index is 979. The number of aliphatic imine (C=N–C) groups is 1. The van der Waals surface area contributed by atoms with Crippen LogP contribution in [0.1, 0.15) is 5.56 Å². The number of benzene rings is 2. The van der Waals surface area contributed by atoms with Crippen molar-refractivity contribution < 1.29 is 30.7 Å². The Morgan fingerprint density at radius 3 is 2.21 bits per heavy atom. The van der Waals surface area contributed by atoms with Gasteiger partial charge in [0, 0.05) is 11.9 Å². The zero-order valence-corrected chi connectivity index (χ0v) is 16.8. The first kappa shape index (κ1) is 22.7. The molecule has 0 aromatic heterocycles. The van der Waals surface area contributed by atoms with Crippen LogP contribution in [0.4, 0.5) is 23.2 Å². The lowest BCUT2D eigenvalue weighted by molar-refractivity contribution is -0.155. The van der Waals surface area contributed by atoms with Crippen molar-refractivity contribution in [2.24, 2.45) is 4.99 Å². The van der Waals surface area contributed by atoms with Gasteiger partial charge >= 0.3 is 6.18 Å². The van der Waals surface area contributed by atoms with Gasteiger partial charge in [-0.15, -0.1) is 0 Å². The minimum atomic E-state index is -4.96. The molecule has 0 N–H and O–H groups in total. The molecule has 0 spiro atoms. The Morgan fingerprint density at radius 2 is 1.76 bits per heavy atom. The van der Waals surface area contributed by atoms with Crippen molar-refractivity contribution in [1.82, 2.24) is 0 Å². The van der Waals surface area contributed by atoms with Crippen molar-refractivity contribution >= 4 is 21.9 Å². The third-order valence-corrected chi connectivity index (χ3v) is 5.93. The van der Waals surface area contributed by atoms with E-state index in [-0.39, 0.29) is 5.82 Å². The van der Waals surface area contributed by atoms with Gasteiger partial charge in [0.05, 0.1) is 20.0 Å². The van der Waals surface area contributed by atoms with Gasteiger partial charge in [-0.25, -0.2) is 17.8 Å². The molecule has 158 valence electrons. The van der Waals surface area contributed by atoms with Gasteiger partial charge in [0.2, 0.25) is 0 Å². The molecular formula is C19H20F4N2O3S. The summed E-state index contributed by atoms with van der Waals surface area (Å²) in [5, 5.41) is 0. The minimum absolute atomic E-state index is 0.297. The third-order valence-electron chi connectivity index (χ3n) is 4.24. The van der Waals surface area contributed by atoms with E-state index in [4.69, 9.17) is 4.74 Å². The number of alkyl halides is 3. The largest absolute Gasteiger partial charge is 0.494 e. The van der Waals surface area contributed by atoms with Gasteiger partial charge in [0.25, 0.3) is 4.87 Å². The average molecular weight is 432 g/mol. The number of aryl methyl sites for hydroxylation is 1. The van der Waals surface area contributed by atoms with E-state index in [1.165, 1.54) is 18.1 Å². The van der Waals surface area contributed by atoms with E-state index in [1.807, 2.05) is 13.0 Å². The van der Waals surface area contributed by atoms with Crippen LogP contribution in [0.25, 0.3) is 0 Å². The molecule has 29 heavy (non-hydrogen) atoms. The first-order valence-corrected chi connectivity index (χ1v) is 10.2. The van der Waals surface area contributed by atoms with Crippen molar-refractivity contribution in [2.75, 3.05) is 24.8 Å². The van der Waals surface area contributed by atoms with Crippen LogP contribution in [0.3, 0.4) is 0 Å². The zero-order valence-electron chi connectivity index (χ0n) is 15.9. The van der Waals surface area contributed by atoms with Crippen LogP contribution in [0.5, 0.6) is 5.75 Å². The molecule has 1 unspecified atom stereocenters. The average Bonchev–Trinajstić information content (AvgIpc) is 3.10. The molecule has 1 heterocycles. The highest BCUT2D eigenvalue weighted by atomic mass is 32.2. The van der Waals surface area contributed by atoms with E-state index in [0.29, 0.717) is 17.7 Å². The summed E-state index contributed by atoms with van der Waals surface area (Å²) < 4.78 is 79.7. The summed E-state index contributed by atoms with van der Waals surface area (Å²) in [5.74, 6) is -0.00639. The molecule has 2 aromatic carbocycles. The van der Waals surface area contributed by atoms with Gasteiger partial charge < -0.3 is 9.64 Å². The van der Waals surface area contributed by atoms with Crippen LogP contribution in [-0.4, -0.2) is 45.7 Å². The molecule has 0 radical (unpaired) electrons. The molecular weight excluding hydrogens is 412 g/mol. The number of para-hydroxylation sites is 1. The molecule has 0 saturated carbocycles. The standard InChI is InChI=1S/C11H11F3N2O2S.C8H9FO/c1-19(17,18)10(11(12,13)14)7-16(8-15-10)9-5-3-2-4-6-9;1-6-3-4-8(10-2)7(9)5-6/h2-6,8H,7H2,1H3;3-5H,1-2H3. The van der Waals surface area contributed by atoms with E-state index in [1.54, 1.807) is 36.4 Å². The lowest BCUT2D eigenvalue weighted by Gasteiger charge is -2.28. The number of hydrogen-bond acceptors (Lipinski definition) is 5. The molecule has 1 aliphatic heterocycles. The van der Waals surface area contributed by atoms with Gasteiger partial charge in [0.15, 0.2) is 21.4 Å². The number of halogens is 4. The fourth-order valence-electron chi connectivity index (χ4n) is 2.61. The molecule has 0 bridgehead atoms. The second-order valence-corrected chi connectivity index (χ2v) is 8.62. The monoisotopic (exact) mass is 432 g/mol. The Morgan fingerprint density at radius 1 is 1.14 bits per heavy atom. The summed E-state index contributed by atoms with van der Waals surface area (Å²) in [5.41, 5.74) is 1.36. The number of methoxy groups -OCH3 is 1. The van der Waals surface area contributed by atoms with Crippen molar-refractivity contribution in [3.8, 4) is 5.75 Å². The number of ether oxygens (including phenoxy) is 1. The summed E-state index contributed by atoms with van der Waals surface area (Å²) >= 11 is 0. The molecule has 2 aromatic rings. The normalized spacial score (nSPS) is 18.9. The Labute approximate surface area is 166 Å². The zero-order chi connectivity index (χ0) is 21.9. The first-order valence-electron chi connectivity index (χ1n) is 8.35. The van der Waals surface area contributed by atoms with E-state index >= 15 is 0 Å². The summed E-state index contributed by atoms with van der Waals surface area (Å²) in [7, 11) is -2.98. The molecule has 3 rings (SSSR count). The summed E-state index contributed by atoms with van der Waals surface area (Å²) in [6.07, 6.45) is -3.49. The highest BCUT2D eigenvalue weighted by Crippen LogP contribution is 2.41. The van der Waals surface area contributed by atoms with Crippen molar-refractivity contribution in [2.45, 2.75) is 18.0 Å². The van der Waals surface area contributed by atoms with E-state index in [2.05, 4.69) is 4.99 Å². The maximum Gasteiger partial charge on any atom is 0.429 e. The van der Waals surface area contributed by atoms with Crippen LogP contribution >= 0.6 is 0 Å². The van der Waals surface area contributed by atoms with Crippen molar-refractivity contribution in [3.05, 3.63) is 59.9 Å². The van der Waals surface area contributed by atoms with E-state index in [0.717, 1.165) is 11.9 Å². The van der Waals surface area contributed by atoms with Gasteiger partial charge in [-0.2, -0.15) is 13.2 Å². The molecule has 0 fully saturated rings. The molecule has 1 aliphatic rings. The highest BCUT2D eigenvalue weighted by molar-refractivity contribution is 7.92. The lowest BCUT2D eigenvalue weighted by atomic mass is 10.2. The van der Waals surface area contributed by atoms with Crippen LogP contribution in [0.15, 0.2) is 53.5 Å². The van der Waals surface area contributed by atoms with E-state index in [9.17, 15) is 26.0 Å². The maximum absolute atomic E-state index is 13.1. The topological polar surface area (TPSA) is 59.0 Å². The fraction of sp³-hybridized carbons (Fsp3) is 0.316. The third kappa shape index (κ3) is 4.87. The first-order chi connectivity index (χ1) is 13.4. The lowest BCUT2D eigenvalue weighted by Crippen LogP contribution is -2.53. The van der Waals surface area contributed by atoms with Gasteiger partial charge in [-0.05, 0) is 36.8 Å². The predicted molar refractivity (Wildman–Crippen MR) is 104 cm³/mol. The van der Waals surface area contributed by atoms with Crippen LogP contribution < -0.4 is 9.64 Å². The smallest absolute Gasteiger partial charge is 0.429 e.